The van der Waals surface area contributed by atoms with E-state index in [0.29, 0.717) is 15.9 Å². The van der Waals surface area contributed by atoms with E-state index in [0.717, 1.165) is 0 Å². The van der Waals surface area contributed by atoms with Crippen molar-refractivity contribution in [2.75, 3.05) is 0 Å². The highest BCUT2D eigenvalue weighted by Crippen LogP contribution is 2.01. The lowest BCUT2D eigenvalue weighted by Crippen LogP contribution is -2.22. The lowest BCUT2D eigenvalue weighted by atomic mass is 10.4. The van der Waals surface area contributed by atoms with Crippen molar-refractivity contribution in [3.05, 3.63) is 23.7 Å². The van der Waals surface area contributed by atoms with Crippen LogP contribution in [0.25, 0.3) is 11.0 Å². The van der Waals surface area contributed by atoms with Gasteiger partial charge < -0.3 is 5.21 Å². The third-order valence-corrected chi connectivity index (χ3v) is 1.19. The van der Waals surface area contributed by atoms with Gasteiger partial charge in [0, 0.05) is 17.4 Å². The van der Waals surface area contributed by atoms with Crippen LogP contribution in [0.1, 0.15) is 0 Å². The first-order chi connectivity index (χ1) is 4.88. The molecule has 0 N–H and O–H groups in total. The highest BCUT2D eigenvalue weighted by Gasteiger charge is 2.05. The molecule has 5 nitrogen and oxygen atoms in total. The van der Waals surface area contributed by atoms with Crippen LogP contribution in [0.15, 0.2) is 23.1 Å². The molecule has 0 radical (unpaired) electrons. The minimum Gasteiger partial charge on any atom is -0.359 e. The Morgan fingerprint density at radius 2 is 2.50 bits per heavy atom. The summed E-state index contributed by atoms with van der Waals surface area (Å²) in [6, 6.07) is 1.54. The fourth-order valence-corrected chi connectivity index (χ4v) is 0.729. The Balaban J connectivity index is 2.93. The molecule has 0 unspecified atom stereocenters. The molecule has 0 aliphatic rings. The summed E-state index contributed by atoms with van der Waals surface area (Å²) in [5.74, 6) is 0. The van der Waals surface area contributed by atoms with Crippen molar-refractivity contribution >= 4 is 11.0 Å². The third kappa shape index (κ3) is 0.540. The molecular formula is C5H3N3O2. The molecular weight excluding hydrogens is 134 g/mol. The number of hydrogen-bond donors (Lipinski definition) is 0. The van der Waals surface area contributed by atoms with Crippen LogP contribution in [0.3, 0.4) is 0 Å². The number of rotatable bonds is 0. The molecule has 0 saturated carbocycles. The van der Waals surface area contributed by atoms with Crippen LogP contribution in [-0.2, 0) is 0 Å². The van der Waals surface area contributed by atoms with Crippen LogP contribution in [0.5, 0.6) is 0 Å². The van der Waals surface area contributed by atoms with Gasteiger partial charge in [0.2, 0.25) is 5.52 Å². The smallest absolute Gasteiger partial charge is 0.266 e. The zero-order valence-electron chi connectivity index (χ0n) is 4.89. The molecule has 0 aromatic carbocycles. The van der Waals surface area contributed by atoms with E-state index in [2.05, 4.69) is 14.8 Å². The van der Waals surface area contributed by atoms with Crippen molar-refractivity contribution in [3.63, 3.8) is 0 Å². The highest BCUT2D eigenvalue weighted by molar-refractivity contribution is 5.67. The number of fused-ring (bicyclic) bond motifs is 1. The Kier molecular flexibility index (Phi) is 0.858. The normalized spacial score (nSPS) is 10.4. The zero-order valence-corrected chi connectivity index (χ0v) is 4.89. The van der Waals surface area contributed by atoms with Crippen molar-refractivity contribution in [2.24, 2.45) is 0 Å². The van der Waals surface area contributed by atoms with Crippen LogP contribution >= 0.6 is 0 Å². The summed E-state index contributed by atoms with van der Waals surface area (Å²) in [6.45, 7) is 0. The van der Waals surface area contributed by atoms with Gasteiger partial charge in [0.15, 0.2) is 0 Å². The molecule has 0 bridgehead atoms. The average Bonchev–Trinajstić information content (AvgIpc) is 2.34. The molecule has 0 fully saturated rings. The van der Waals surface area contributed by atoms with Gasteiger partial charge in [-0.05, 0) is 4.90 Å². The van der Waals surface area contributed by atoms with Crippen LogP contribution < -0.4 is 4.90 Å². The van der Waals surface area contributed by atoms with Gasteiger partial charge in [0.05, 0.1) is 6.20 Å². The highest BCUT2D eigenvalue weighted by atomic mass is 16.8. The molecule has 10 heavy (non-hydrogen) atoms. The van der Waals surface area contributed by atoms with E-state index < -0.39 is 0 Å². The predicted octanol–water partition coefficient (Wildman–Crippen LogP) is -0.144. The minimum atomic E-state index is 0.344. The van der Waals surface area contributed by atoms with Gasteiger partial charge in [-0.25, -0.2) is 0 Å². The number of aromatic nitrogens is 3. The van der Waals surface area contributed by atoms with Crippen molar-refractivity contribution in [2.45, 2.75) is 0 Å². The molecule has 0 atom stereocenters. The molecule has 2 heterocycles. The van der Waals surface area contributed by atoms with E-state index in [1.54, 1.807) is 6.07 Å². The van der Waals surface area contributed by atoms with E-state index in [9.17, 15) is 5.21 Å². The lowest BCUT2D eigenvalue weighted by Gasteiger charge is -1.81. The minimum absolute atomic E-state index is 0.344. The molecule has 2 rings (SSSR count). The maximum absolute atomic E-state index is 10.6. The molecule has 0 saturated heterocycles. The Morgan fingerprint density at radius 1 is 1.60 bits per heavy atom. The van der Waals surface area contributed by atoms with Crippen LogP contribution in [0, 0.1) is 5.21 Å². The quantitative estimate of drug-likeness (QED) is 0.474. The second-order valence-electron chi connectivity index (χ2n) is 1.79. The summed E-state index contributed by atoms with van der Waals surface area (Å²) in [7, 11) is 0. The first-order valence-corrected chi connectivity index (χ1v) is 2.67. The number of pyridine rings is 1. The standard InChI is InChI=1S/C5H3N3O2/c9-8-5-1-2-6-3-4(5)7-10-8/h1-3H. The van der Waals surface area contributed by atoms with Crippen molar-refractivity contribution in [1.82, 2.24) is 10.1 Å². The van der Waals surface area contributed by atoms with Crippen molar-refractivity contribution in [3.8, 4) is 0 Å². The Bertz CT molecular complexity index is 356. The number of nitrogens with zero attached hydrogens (tertiary/aromatic N) is 3. The fourth-order valence-electron chi connectivity index (χ4n) is 0.729. The molecule has 0 aliphatic carbocycles. The first kappa shape index (κ1) is 5.16. The van der Waals surface area contributed by atoms with Crippen molar-refractivity contribution in [1.29, 1.82) is 0 Å². The summed E-state index contributed by atoms with van der Waals surface area (Å²) in [6.07, 6.45) is 2.97. The second kappa shape index (κ2) is 1.66. The molecule has 2 aromatic rings. The van der Waals surface area contributed by atoms with Crippen LogP contribution in [-0.4, -0.2) is 10.1 Å². The fraction of sp³-hybridized carbons (Fsp3) is 0. The third-order valence-electron chi connectivity index (χ3n) is 1.19. The van der Waals surface area contributed by atoms with Gasteiger partial charge in [0.1, 0.15) is 0 Å². The van der Waals surface area contributed by atoms with Gasteiger partial charge in [0.25, 0.3) is 5.52 Å². The lowest BCUT2D eigenvalue weighted by molar-refractivity contribution is -0.782. The summed E-state index contributed by atoms with van der Waals surface area (Å²) in [5.41, 5.74) is 0.868. The summed E-state index contributed by atoms with van der Waals surface area (Å²) in [5, 5.41) is 14.1. The SMILES string of the molecule is [O-][n+]1onc2cnccc21. The average molecular weight is 137 g/mol. The van der Waals surface area contributed by atoms with Gasteiger partial charge in [-0.2, -0.15) is 0 Å². The second-order valence-corrected chi connectivity index (χ2v) is 1.79. The first-order valence-electron chi connectivity index (χ1n) is 2.67. The van der Waals surface area contributed by atoms with E-state index in [1.165, 1.54) is 12.4 Å². The summed E-state index contributed by atoms with van der Waals surface area (Å²) < 4.78 is 4.29. The van der Waals surface area contributed by atoms with Crippen LogP contribution in [0.4, 0.5) is 0 Å². The van der Waals surface area contributed by atoms with E-state index in [1.807, 2.05) is 0 Å². The molecule has 0 aliphatic heterocycles. The monoisotopic (exact) mass is 137 g/mol. The van der Waals surface area contributed by atoms with E-state index >= 15 is 0 Å². The van der Waals surface area contributed by atoms with E-state index in [4.69, 9.17) is 0 Å². The maximum atomic E-state index is 10.6. The Morgan fingerprint density at radius 3 is 3.30 bits per heavy atom. The topological polar surface area (TPSA) is 65.9 Å². The molecule has 50 valence electrons. The summed E-state index contributed by atoms with van der Waals surface area (Å²) in [4.78, 5) is 4.10. The Labute approximate surface area is 55.4 Å². The van der Waals surface area contributed by atoms with Gasteiger partial charge in [-0.15, -0.1) is 0 Å². The summed E-state index contributed by atoms with van der Waals surface area (Å²) >= 11 is 0. The molecule has 0 spiro atoms. The Hall–Kier alpha value is -1.65. The van der Waals surface area contributed by atoms with Gasteiger partial charge >= 0.3 is 0 Å². The number of hydrogen-bond acceptors (Lipinski definition) is 4. The maximum Gasteiger partial charge on any atom is 0.266 e. The van der Waals surface area contributed by atoms with Crippen molar-refractivity contribution < 1.29 is 9.53 Å². The molecule has 5 heteroatoms. The van der Waals surface area contributed by atoms with E-state index in [-0.39, 0.29) is 0 Å². The largest absolute Gasteiger partial charge is 0.359 e. The van der Waals surface area contributed by atoms with Gasteiger partial charge in [-0.1, -0.05) is 0 Å². The zero-order chi connectivity index (χ0) is 6.97. The van der Waals surface area contributed by atoms with Gasteiger partial charge in [-0.3, -0.25) is 9.61 Å². The molecule has 0 amide bonds. The van der Waals surface area contributed by atoms with Crippen LogP contribution in [0.2, 0.25) is 0 Å². The molecule has 2 aromatic heterocycles. The predicted molar refractivity (Wildman–Crippen MR) is 30.8 cm³/mol.